The van der Waals surface area contributed by atoms with Crippen LogP contribution in [0.3, 0.4) is 0 Å². The molecule has 3 aliphatic rings. The summed E-state index contributed by atoms with van der Waals surface area (Å²) in [6.07, 6.45) is 8.27. The van der Waals surface area contributed by atoms with Crippen LogP contribution in [0.2, 0.25) is 0 Å². The molecular weight excluding hydrogens is 494 g/mol. The molecule has 2 saturated carbocycles. The van der Waals surface area contributed by atoms with Gasteiger partial charge in [-0.15, -0.1) is 0 Å². The van der Waals surface area contributed by atoms with E-state index in [0.717, 1.165) is 77.5 Å². The highest BCUT2D eigenvalue weighted by Gasteiger charge is 2.52. The molecule has 1 aliphatic heterocycles. The molecule has 39 heavy (non-hydrogen) atoms. The number of anilines is 1. The molecule has 9 heteroatoms. The Bertz CT molecular complexity index is 1580. The van der Waals surface area contributed by atoms with Gasteiger partial charge in [-0.1, -0.05) is 18.2 Å². The molecule has 2 aliphatic carbocycles. The number of hydrogen-bond acceptors (Lipinski definition) is 5. The normalized spacial score (nSPS) is 24.1. The second kappa shape index (κ2) is 8.83. The van der Waals surface area contributed by atoms with Crippen molar-refractivity contribution in [2.75, 3.05) is 12.0 Å². The zero-order valence-corrected chi connectivity index (χ0v) is 22.3. The molecule has 1 amide bonds. The van der Waals surface area contributed by atoms with Crippen molar-refractivity contribution in [3.63, 3.8) is 0 Å². The molecule has 1 N–H and O–H groups in total. The molecule has 9 nitrogen and oxygen atoms in total. The van der Waals surface area contributed by atoms with Gasteiger partial charge in [0.25, 0.3) is 0 Å². The van der Waals surface area contributed by atoms with Gasteiger partial charge in [-0.05, 0) is 76.5 Å². The zero-order valence-electron chi connectivity index (χ0n) is 22.3. The molecule has 1 unspecified atom stereocenters. The van der Waals surface area contributed by atoms with Crippen LogP contribution in [-0.4, -0.2) is 49.7 Å². The van der Waals surface area contributed by atoms with Gasteiger partial charge in [0.2, 0.25) is 0 Å². The van der Waals surface area contributed by atoms with Gasteiger partial charge in [-0.25, -0.2) is 9.78 Å². The molecule has 2 fully saturated rings. The van der Waals surface area contributed by atoms with E-state index in [1.54, 1.807) is 4.90 Å². The molecular formula is C30H33N5O4. The van der Waals surface area contributed by atoms with E-state index in [-0.39, 0.29) is 29.6 Å². The summed E-state index contributed by atoms with van der Waals surface area (Å²) >= 11 is 0. The van der Waals surface area contributed by atoms with Crippen LogP contribution < -0.4 is 4.90 Å². The highest BCUT2D eigenvalue weighted by molar-refractivity contribution is 5.95. The van der Waals surface area contributed by atoms with Gasteiger partial charge in [0.1, 0.15) is 11.4 Å². The summed E-state index contributed by atoms with van der Waals surface area (Å²) in [5, 5.41) is 15.7. The van der Waals surface area contributed by atoms with Gasteiger partial charge in [-0.2, -0.15) is 5.10 Å². The first-order valence-corrected chi connectivity index (χ1v) is 14.0. The van der Waals surface area contributed by atoms with Crippen molar-refractivity contribution in [3.05, 3.63) is 54.0 Å². The van der Waals surface area contributed by atoms with Crippen molar-refractivity contribution in [1.82, 2.24) is 19.3 Å². The summed E-state index contributed by atoms with van der Waals surface area (Å²) in [7, 11) is 1.42. The topological polar surface area (TPSA) is 102 Å². The number of fused-ring (bicyclic) bond motifs is 4. The lowest BCUT2D eigenvalue weighted by molar-refractivity contribution is -0.143. The number of imidazole rings is 1. The maximum Gasteiger partial charge on any atom is 0.414 e. The number of rotatable bonds is 4. The third-order valence-corrected chi connectivity index (χ3v) is 9.23. The summed E-state index contributed by atoms with van der Waals surface area (Å²) in [6.45, 7) is 2.05. The van der Waals surface area contributed by atoms with Gasteiger partial charge in [0.15, 0.2) is 0 Å². The summed E-state index contributed by atoms with van der Waals surface area (Å²) in [4.78, 5) is 31.6. The van der Waals surface area contributed by atoms with E-state index in [4.69, 9.17) is 14.8 Å². The lowest BCUT2D eigenvalue weighted by atomic mass is 9.85. The number of aliphatic carboxylic acids is 1. The minimum atomic E-state index is -0.697. The van der Waals surface area contributed by atoms with Crippen molar-refractivity contribution in [2.24, 2.45) is 5.92 Å². The highest BCUT2D eigenvalue weighted by atomic mass is 16.5. The molecule has 4 aromatic rings. The van der Waals surface area contributed by atoms with Crippen molar-refractivity contribution in [1.29, 1.82) is 0 Å². The molecule has 2 aromatic carbocycles. The fourth-order valence-electron chi connectivity index (χ4n) is 6.91. The maximum absolute atomic E-state index is 12.7. The van der Waals surface area contributed by atoms with Crippen molar-refractivity contribution < 1.29 is 19.4 Å². The van der Waals surface area contributed by atoms with Crippen LogP contribution >= 0.6 is 0 Å². The standard InChI is InChI=1S/C30H33N5O4/c1-18-7-12-22-24(34(18)29(38)39-2)13-14-25-26(22)31-28(35(25)21-10-8-19(9-11-21)27(36)37)30(15-16-30)33-17-20-5-3-4-6-23(20)32-33/h3-6,13-14,17-19,21H,7-12,15-16H2,1-2H3,(H,36,37). The Kier molecular flexibility index (Phi) is 5.47. The predicted molar refractivity (Wildman–Crippen MR) is 147 cm³/mol. The maximum atomic E-state index is 12.7. The van der Waals surface area contributed by atoms with Gasteiger partial charge in [-0.3, -0.25) is 14.4 Å². The fraction of sp³-hybridized carbons (Fsp3) is 0.467. The average molecular weight is 528 g/mol. The van der Waals surface area contributed by atoms with Crippen molar-refractivity contribution in [2.45, 2.75) is 75.9 Å². The first-order chi connectivity index (χ1) is 18.9. The third-order valence-electron chi connectivity index (χ3n) is 9.23. The number of ether oxygens (including phenoxy) is 1. The first kappa shape index (κ1) is 24.2. The third kappa shape index (κ3) is 3.66. The summed E-state index contributed by atoms with van der Waals surface area (Å²) in [5.74, 6) is 0.0199. The van der Waals surface area contributed by atoms with Gasteiger partial charge in [0.05, 0.1) is 35.3 Å². The Balaban J connectivity index is 1.41. The van der Waals surface area contributed by atoms with E-state index >= 15 is 0 Å². The Morgan fingerprint density at radius 1 is 1.05 bits per heavy atom. The number of carboxylic acid groups (broad SMARTS) is 1. The number of aromatic nitrogens is 4. The monoisotopic (exact) mass is 527 g/mol. The van der Waals surface area contributed by atoms with Crippen LogP contribution in [0.4, 0.5) is 10.5 Å². The van der Waals surface area contributed by atoms with E-state index < -0.39 is 5.97 Å². The summed E-state index contributed by atoms with van der Waals surface area (Å²) in [5.41, 5.74) is 4.58. The first-order valence-electron chi connectivity index (χ1n) is 14.0. The molecule has 202 valence electrons. The number of amides is 1. The van der Waals surface area contributed by atoms with Crippen molar-refractivity contribution in [3.8, 4) is 0 Å². The summed E-state index contributed by atoms with van der Waals surface area (Å²) < 4.78 is 9.64. The van der Waals surface area contributed by atoms with E-state index in [2.05, 4.69) is 34.5 Å². The average Bonchev–Trinajstić information content (AvgIpc) is 3.47. The van der Waals surface area contributed by atoms with Crippen LogP contribution in [0.1, 0.15) is 69.3 Å². The Hall–Kier alpha value is -3.88. The Morgan fingerprint density at radius 3 is 2.51 bits per heavy atom. The number of carbonyl (C=O) groups excluding carboxylic acids is 1. The van der Waals surface area contributed by atoms with Crippen LogP contribution in [-0.2, 0) is 21.5 Å². The predicted octanol–water partition coefficient (Wildman–Crippen LogP) is 5.65. The fourth-order valence-corrected chi connectivity index (χ4v) is 6.91. The second-order valence-electron chi connectivity index (χ2n) is 11.5. The number of hydrogen-bond donors (Lipinski definition) is 1. The van der Waals surface area contributed by atoms with Gasteiger partial charge >= 0.3 is 12.1 Å². The minimum absolute atomic E-state index is 0.0431. The number of carbonyl (C=O) groups is 2. The van der Waals surface area contributed by atoms with Crippen LogP contribution in [0.25, 0.3) is 21.9 Å². The molecule has 2 aromatic heterocycles. The molecule has 0 radical (unpaired) electrons. The molecule has 0 saturated heterocycles. The molecule has 0 spiro atoms. The molecule has 1 atom stereocenters. The number of carboxylic acids is 1. The van der Waals surface area contributed by atoms with Crippen LogP contribution in [0.5, 0.6) is 0 Å². The number of nitrogens with zero attached hydrogens (tertiary/aromatic N) is 5. The van der Waals surface area contributed by atoms with Gasteiger partial charge in [0, 0.05) is 29.2 Å². The lowest BCUT2D eigenvalue weighted by Gasteiger charge is -2.34. The van der Waals surface area contributed by atoms with Crippen LogP contribution in [0.15, 0.2) is 42.6 Å². The molecule has 0 bridgehead atoms. The van der Waals surface area contributed by atoms with E-state index in [1.165, 1.54) is 7.11 Å². The quantitative estimate of drug-likeness (QED) is 0.368. The van der Waals surface area contributed by atoms with E-state index in [0.29, 0.717) is 12.8 Å². The molecule has 3 heterocycles. The number of methoxy groups -OCH3 is 1. The van der Waals surface area contributed by atoms with Crippen LogP contribution in [0, 0.1) is 5.92 Å². The number of aryl methyl sites for hydroxylation is 1. The number of benzene rings is 2. The zero-order chi connectivity index (χ0) is 26.9. The van der Waals surface area contributed by atoms with Gasteiger partial charge < -0.3 is 14.4 Å². The minimum Gasteiger partial charge on any atom is -0.481 e. The Morgan fingerprint density at radius 2 is 1.82 bits per heavy atom. The SMILES string of the molecule is COC(=O)N1c2ccc3c(nc(C4(n5cc6ccccc6n5)CC4)n3C3CCC(C(=O)O)CC3)c2CCC1C. The summed E-state index contributed by atoms with van der Waals surface area (Å²) in [6, 6.07) is 12.5. The lowest BCUT2D eigenvalue weighted by Crippen LogP contribution is -2.42. The van der Waals surface area contributed by atoms with Crippen molar-refractivity contribution >= 4 is 39.7 Å². The Labute approximate surface area is 226 Å². The van der Waals surface area contributed by atoms with E-state index in [9.17, 15) is 14.7 Å². The smallest absolute Gasteiger partial charge is 0.414 e. The van der Waals surface area contributed by atoms with E-state index in [1.807, 2.05) is 24.3 Å². The highest BCUT2D eigenvalue weighted by Crippen LogP contribution is 2.52. The second-order valence-corrected chi connectivity index (χ2v) is 11.5. The largest absolute Gasteiger partial charge is 0.481 e. The molecule has 7 rings (SSSR count).